The minimum absolute atomic E-state index is 0.649. The van der Waals surface area contributed by atoms with Crippen molar-refractivity contribution < 1.29 is 8.22 Å². The second kappa shape index (κ2) is 5.22. The molecule has 0 nitrogen and oxygen atoms in total. The Morgan fingerprint density at radius 2 is 2.67 bits per heavy atom. The van der Waals surface area contributed by atoms with Gasteiger partial charge in [-0.3, -0.25) is 0 Å². The molecule has 0 spiro atoms. The van der Waals surface area contributed by atoms with Gasteiger partial charge in [0.1, 0.15) is 0 Å². The molecule has 0 aliphatic heterocycles. The van der Waals surface area contributed by atoms with E-state index in [-0.39, 0.29) is 0 Å². The molecule has 0 saturated carbocycles. The molecule has 0 saturated heterocycles. The molecule has 0 fully saturated rings. The lowest BCUT2D eigenvalue weighted by Gasteiger charge is -1.71. The topological polar surface area (TPSA) is 0 Å². The van der Waals surface area contributed by atoms with E-state index in [1.807, 2.05) is 0 Å². The van der Waals surface area contributed by atoms with Crippen molar-refractivity contribution in [3.8, 4) is 0 Å². The van der Waals surface area contributed by atoms with Crippen molar-refractivity contribution in [2.24, 2.45) is 0 Å². The van der Waals surface area contributed by atoms with Crippen LogP contribution in [0.25, 0.3) is 0 Å². The zero-order valence-electron chi connectivity index (χ0n) is 9.38. The fraction of sp³-hybridized carbons (Fsp3) is 0.600. The summed E-state index contributed by atoms with van der Waals surface area (Å²) in [5.41, 5.74) is 0. The van der Waals surface area contributed by atoms with E-state index >= 15 is 0 Å². The van der Waals surface area contributed by atoms with Crippen LogP contribution in [0, 0.1) is 0 Å². The minimum atomic E-state index is -2.13. The Kier molecular flexibility index (Phi) is 1.17. The van der Waals surface area contributed by atoms with Crippen molar-refractivity contribution in [3.63, 3.8) is 0 Å². The molecule has 36 valence electrons. The summed E-state index contributed by atoms with van der Waals surface area (Å²) in [6.45, 7) is 1.11. The van der Waals surface area contributed by atoms with Crippen LogP contribution < -0.4 is 0 Å². The van der Waals surface area contributed by atoms with Crippen LogP contribution in [0.2, 0.25) is 0 Å². The predicted molar refractivity (Wildman–Crippen MR) is 33.2 cm³/mol. The van der Waals surface area contributed by atoms with E-state index in [0.29, 0.717) is 0 Å². The van der Waals surface area contributed by atoms with Gasteiger partial charge in [0.15, 0.2) is 0 Å². The first-order valence-electron chi connectivity index (χ1n) is 4.44. The van der Waals surface area contributed by atoms with Gasteiger partial charge in [0.05, 0.1) is 2.74 Å². The summed E-state index contributed by atoms with van der Waals surface area (Å²) in [4.78, 5) is 0. The Bertz CT molecular complexity index is 175. The van der Waals surface area contributed by atoms with Crippen LogP contribution >= 0.6 is 15.9 Å². The van der Waals surface area contributed by atoms with E-state index in [2.05, 4.69) is 15.9 Å². The van der Waals surface area contributed by atoms with Gasteiger partial charge in [0.2, 0.25) is 0 Å². The highest BCUT2D eigenvalue weighted by atomic mass is 79.9. The van der Waals surface area contributed by atoms with Crippen LogP contribution in [0.5, 0.6) is 0 Å². The third-order valence-electron chi connectivity index (χ3n) is 0.235. The monoisotopic (exact) mass is 154 g/mol. The maximum Gasteiger partial charge on any atom is 0.0581 e. The van der Waals surface area contributed by atoms with Crippen molar-refractivity contribution in [2.45, 2.75) is 13.3 Å². The van der Waals surface area contributed by atoms with Gasteiger partial charge >= 0.3 is 0 Å². The first kappa shape index (κ1) is 1.35. The van der Waals surface area contributed by atoms with Gasteiger partial charge in [-0.2, -0.15) is 0 Å². The zero-order valence-corrected chi connectivity index (χ0v) is 4.96. The van der Waals surface area contributed by atoms with Crippen LogP contribution in [0.1, 0.15) is 21.5 Å². The van der Waals surface area contributed by atoms with E-state index < -0.39 is 23.8 Å². The summed E-state index contributed by atoms with van der Waals surface area (Å²) in [6, 6.07) is -1.33. The van der Waals surface area contributed by atoms with Gasteiger partial charge in [-0.05, 0) is 6.37 Å². The normalized spacial score (nSPS) is 33.0. The average Bonchev–Trinajstić information content (AvgIpc) is 1.80. The molecule has 0 amide bonds. The Balaban J connectivity index is 4.96. The number of alkyl halides is 1. The molecule has 0 rings (SSSR count). The fourth-order valence-electron chi connectivity index (χ4n) is 0.0861. The Labute approximate surface area is 55.8 Å². The number of rotatable bonds is 2. The maximum absolute atomic E-state index is 7.13. The predicted octanol–water partition coefficient (Wildman–Crippen LogP) is 2.35. The van der Waals surface area contributed by atoms with Crippen molar-refractivity contribution in [3.05, 3.63) is 12.1 Å². The highest BCUT2D eigenvalue weighted by Crippen LogP contribution is 1.83. The Hall–Kier alpha value is 0.220. The summed E-state index contributed by atoms with van der Waals surface area (Å²) in [5, 5.41) is -2.13. The highest BCUT2D eigenvalue weighted by Gasteiger charge is 1.61. The fourth-order valence-corrected chi connectivity index (χ4v) is 0.185. The largest absolute Gasteiger partial charge is 0.0883 e. The van der Waals surface area contributed by atoms with E-state index in [1.165, 1.54) is 0 Å². The van der Waals surface area contributed by atoms with Crippen molar-refractivity contribution in [1.82, 2.24) is 0 Å². The molecular weight excluding hydrogens is 140 g/mol. The van der Waals surface area contributed by atoms with E-state index in [0.717, 1.165) is 6.92 Å². The lowest BCUT2D eigenvalue weighted by molar-refractivity contribution is 1.22. The number of hydrogen-bond acceptors (Lipinski definition) is 0. The zero-order chi connectivity index (χ0) is 10.2. The lowest BCUT2D eigenvalue weighted by Crippen LogP contribution is -1.55. The summed E-state index contributed by atoms with van der Waals surface area (Å²) >= 11 is 2.54. The van der Waals surface area contributed by atoms with Gasteiger partial charge in [-0.15, -0.1) is 0 Å². The molecule has 6 heavy (non-hydrogen) atoms. The molecule has 0 heterocycles. The van der Waals surface area contributed by atoms with Crippen molar-refractivity contribution >= 4 is 15.9 Å². The summed E-state index contributed by atoms with van der Waals surface area (Å²) in [7, 11) is 0. The molecule has 0 bridgehead atoms. The van der Waals surface area contributed by atoms with Gasteiger partial charge in [-0.1, -0.05) is 35.0 Å². The van der Waals surface area contributed by atoms with Crippen molar-refractivity contribution in [2.75, 3.05) is 5.28 Å². The average molecular weight is 155 g/mol. The molecule has 0 unspecified atom stereocenters. The molecule has 0 aromatic carbocycles. The lowest BCUT2D eigenvalue weighted by atomic mass is 10.4. The van der Waals surface area contributed by atoms with E-state index in [4.69, 9.17) is 8.22 Å². The number of allylic oxidation sites excluding steroid dienone is 2. The van der Waals surface area contributed by atoms with Gasteiger partial charge in [-0.25, -0.2) is 0 Å². The highest BCUT2D eigenvalue weighted by molar-refractivity contribution is 9.09. The van der Waals surface area contributed by atoms with Crippen LogP contribution in [-0.2, 0) is 0 Å². The molecule has 0 radical (unpaired) electrons. The number of halogens is 1. The van der Waals surface area contributed by atoms with Gasteiger partial charge in [0, 0.05) is 10.8 Å². The number of hydrogen-bond donors (Lipinski definition) is 0. The standard InChI is InChI=1S/C5H9Br/c1-2-3-4-5-6/h3-4H,2,5H2,1H3/b4-3+/i2D2,3D,4D,5D2. The molecule has 0 aromatic heterocycles. The Morgan fingerprint density at radius 1 is 2.00 bits per heavy atom. The smallest absolute Gasteiger partial charge is 0.0581 e. The van der Waals surface area contributed by atoms with Crippen LogP contribution in [0.15, 0.2) is 12.1 Å². The van der Waals surface area contributed by atoms with Gasteiger partial charge in [0.25, 0.3) is 0 Å². The molecule has 0 aromatic rings. The quantitative estimate of drug-likeness (QED) is 0.424. The first-order chi connectivity index (χ1) is 5.07. The third-order valence-corrected chi connectivity index (χ3v) is 0.433. The molecule has 0 aliphatic rings. The molecule has 0 N–H and O–H groups in total. The third kappa shape index (κ3) is 4.22. The van der Waals surface area contributed by atoms with E-state index in [1.54, 1.807) is 0 Å². The summed E-state index contributed by atoms with van der Waals surface area (Å²) < 4.78 is 42.4. The first-order valence-corrected chi connectivity index (χ1v) is 2.23. The molecule has 0 atom stereocenters. The molecule has 0 aliphatic carbocycles. The van der Waals surface area contributed by atoms with E-state index in [9.17, 15) is 0 Å². The van der Waals surface area contributed by atoms with Crippen LogP contribution in [0.4, 0.5) is 0 Å². The molecular formula is C5H9Br. The summed E-state index contributed by atoms with van der Waals surface area (Å²) in [5.74, 6) is 0. The SMILES string of the molecule is [2H]/C(=C(/[2H])C([2H])([2H])Br)C([2H])([2H])C. The van der Waals surface area contributed by atoms with Gasteiger partial charge < -0.3 is 0 Å². The second-order valence-corrected chi connectivity index (χ2v) is 0.991. The Morgan fingerprint density at radius 3 is 2.83 bits per heavy atom. The second-order valence-electron chi connectivity index (χ2n) is 0.594. The maximum atomic E-state index is 7.13. The van der Waals surface area contributed by atoms with Crippen LogP contribution in [-0.4, -0.2) is 5.28 Å². The molecule has 1 heteroatoms. The van der Waals surface area contributed by atoms with Crippen molar-refractivity contribution in [1.29, 1.82) is 0 Å². The minimum Gasteiger partial charge on any atom is -0.0883 e. The summed E-state index contributed by atoms with van der Waals surface area (Å²) in [6.07, 6.45) is -1.97. The van der Waals surface area contributed by atoms with Crippen LogP contribution in [0.3, 0.4) is 0 Å².